The molecule has 1 amide bonds. The molecule has 0 fully saturated rings. The third-order valence-corrected chi connectivity index (χ3v) is 6.42. The quantitative estimate of drug-likeness (QED) is 0.345. The van der Waals surface area contributed by atoms with Crippen molar-refractivity contribution in [3.63, 3.8) is 0 Å². The number of aryl methyl sites for hydroxylation is 2. The van der Waals surface area contributed by atoms with Crippen LogP contribution in [0.2, 0.25) is 0 Å². The molecule has 2 N–H and O–H groups in total. The summed E-state index contributed by atoms with van der Waals surface area (Å²) in [5.74, 6) is -0.451. The lowest BCUT2D eigenvalue weighted by Gasteiger charge is -2.08. The summed E-state index contributed by atoms with van der Waals surface area (Å²) in [5, 5.41) is 20.7. The number of nitrogens with one attached hydrogen (secondary N) is 2. The number of nitro groups is 1. The van der Waals surface area contributed by atoms with Crippen LogP contribution in [0.25, 0.3) is 0 Å². The molecule has 1 heterocycles. The highest BCUT2D eigenvalue weighted by Gasteiger charge is 2.23. The van der Waals surface area contributed by atoms with Gasteiger partial charge in [-0.25, -0.2) is 0 Å². The van der Waals surface area contributed by atoms with Crippen LogP contribution in [0.5, 0.6) is 0 Å². The molecule has 3 rings (SSSR count). The third kappa shape index (κ3) is 4.73. The van der Waals surface area contributed by atoms with Crippen LogP contribution in [0, 0.1) is 24.0 Å². The van der Waals surface area contributed by atoms with Crippen LogP contribution in [0.1, 0.15) is 21.5 Å². The fraction of sp³-hybridized carbons (Fsp3) is 0.118. The predicted octanol–water partition coefficient (Wildman–Crippen LogP) is 3.12. The number of benzene rings is 2. The molecule has 0 spiro atoms. The number of amides is 1. The number of hydrogen-bond acceptors (Lipinski definition) is 8. The first-order valence-electron chi connectivity index (χ1n) is 8.15. The summed E-state index contributed by atoms with van der Waals surface area (Å²) >= 11 is 0.663. The molecular weight excluding hydrogens is 418 g/mol. The maximum absolute atomic E-state index is 12.6. The van der Waals surface area contributed by atoms with Crippen LogP contribution in [0.3, 0.4) is 0 Å². The number of rotatable bonds is 6. The highest BCUT2D eigenvalue weighted by atomic mass is 32.2. The van der Waals surface area contributed by atoms with E-state index in [0.717, 1.165) is 11.6 Å². The van der Waals surface area contributed by atoms with Crippen LogP contribution >= 0.6 is 11.3 Å². The Kier molecular flexibility index (Phi) is 5.57. The topological polar surface area (TPSA) is 144 Å². The van der Waals surface area contributed by atoms with E-state index in [1.807, 2.05) is 6.92 Å². The van der Waals surface area contributed by atoms with Crippen molar-refractivity contribution >= 4 is 43.8 Å². The van der Waals surface area contributed by atoms with Gasteiger partial charge in [-0.1, -0.05) is 35.1 Å². The number of carbonyl (C=O) groups excluding carboxylic acids is 1. The van der Waals surface area contributed by atoms with Crippen molar-refractivity contribution in [1.29, 1.82) is 0 Å². The van der Waals surface area contributed by atoms with Gasteiger partial charge in [-0.15, -0.1) is 10.2 Å². The summed E-state index contributed by atoms with van der Waals surface area (Å²) in [6.07, 6.45) is 0. The minimum atomic E-state index is -4.14. The first-order chi connectivity index (χ1) is 13.7. The summed E-state index contributed by atoms with van der Waals surface area (Å²) in [6, 6.07) is 10.6. The number of hydrogen-bond donors (Lipinski definition) is 2. The molecule has 0 unspecified atom stereocenters. The molecule has 0 aliphatic heterocycles. The van der Waals surface area contributed by atoms with Crippen molar-refractivity contribution in [3.8, 4) is 0 Å². The molecule has 0 aliphatic rings. The van der Waals surface area contributed by atoms with Gasteiger partial charge in [0, 0.05) is 17.7 Å². The number of non-ortho nitro benzene ring substituents is 1. The smallest absolute Gasteiger partial charge is 0.291 e. The van der Waals surface area contributed by atoms with E-state index in [2.05, 4.69) is 20.2 Å². The molecule has 0 radical (unpaired) electrons. The molecule has 0 aliphatic carbocycles. The minimum Gasteiger partial charge on any atom is -0.296 e. The maximum Gasteiger partial charge on any atom is 0.291 e. The summed E-state index contributed by atoms with van der Waals surface area (Å²) in [6.45, 7) is 3.49. The monoisotopic (exact) mass is 433 g/mol. The second-order valence-corrected chi connectivity index (χ2v) is 8.89. The SMILES string of the molecule is Cc1ccc(C(=O)Nc2nnc(S(=O)(=O)Nc3cc([N+](=O)[O-])ccc3C)s2)cc1. The molecule has 29 heavy (non-hydrogen) atoms. The van der Waals surface area contributed by atoms with Gasteiger partial charge in [0.2, 0.25) is 5.13 Å². The second-order valence-electron chi connectivity index (χ2n) is 6.06. The van der Waals surface area contributed by atoms with E-state index in [-0.39, 0.29) is 20.8 Å². The molecule has 2 aromatic carbocycles. The first-order valence-corrected chi connectivity index (χ1v) is 10.4. The van der Waals surface area contributed by atoms with Gasteiger partial charge in [-0.2, -0.15) is 8.42 Å². The minimum absolute atomic E-state index is 0.00622. The molecule has 0 saturated heterocycles. The second kappa shape index (κ2) is 7.93. The molecule has 10 nitrogen and oxygen atoms in total. The number of nitrogens with zero attached hydrogens (tertiary/aromatic N) is 3. The van der Waals surface area contributed by atoms with Gasteiger partial charge >= 0.3 is 0 Å². The Morgan fingerprint density at radius 2 is 1.79 bits per heavy atom. The predicted molar refractivity (Wildman–Crippen MR) is 108 cm³/mol. The highest BCUT2D eigenvalue weighted by Crippen LogP contribution is 2.27. The third-order valence-electron chi connectivity index (χ3n) is 3.85. The number of nitro benzene ring substituents is 1. The molecule has 0 bridgehead atoms. The van der Waals surface area contributed by atoms with Crippen molar-refractivity contribution in [2.75, 3.05) is 10.0 Å². The van der Waals surface area contributed by atoms with Gasteiger partial charge in [0.25, 0.3) is 26.0 Å². The number of carbonyl (C=O) groups is 1. The van der Waals surface area contributed by atoms with Gasteiger partial charge in [-0.3, -0.25) is 24.9 Å². The molecule has 12 heteroatoms. The normalized spacial score (nSPS) is 11.1. The van der Waals surface area contributed by atoms with E-state index in [9.17, 15) is 23.3 Å². The molecule has 0 saturated carbocycles. The zero-order chi connectivity index (χ0) is 21.2. The highest BCUT2D eigenvalue weighted by molar-refractivity contribution is 7.94. The van der Waals surface area contributed by atoms with Crippen molar-refractivity contribution < 1.29 is 18.1 Å². The van der Waals surface area contributed by atoms with Crippen LogP contribution in [0.4, 0.5) is 16.5 Å². The van der Waals surface area contributed by atoms with Gasteiger partial charge in [0.15, 0.2) is 0 Å². The Balaban J connectivity index is 1.78. The lowest BCUT2D eigenvalue weighted by Crippen LogP contribution is -2.13. The van der Waals surface area contributed by atoms with Gasteiger partial charge in [0.1, 0.15) is 0 Å². The molecule has 3 aromatic rings. The number of sulfonamides is 1. The van der Waals surface area contributed by atoms with Gasteiger partial charge in [0.05, 0.1) is 10.6 Å². The number of aromatic nitrogens is 2. The van der Waals surface area contributed by atoms with Crippen LogP contribution < -0.4 is 10.0 Å². The Morgan fingerprint density at radius 1 is 1.10 bits per heavy atom. The van der Waals surface area contributed by atoms with Crippen molar-refractivity contribution in [3.05, 3.63) is 69.3 Å². The van der Waals surface area contributed by atoms with Gasteiger partial charge in [-0.05, 0) is 31.5 Å². The van der Waals surface area contributed by atoms with E-state index in [1.54, 1.807) is 31.2 Å². The average molecular weight is 433 g/mol. The Bertz CT molecular complexity index is 1190. The maximum atomic E-state index is 12.6. The van der Waals surface area contributed by atoms with Crippen LogP contribution in [-0.2, 0) is 10.0 Å². The average Bonchev–Trinajstić information content (AvgIpc) is 3.13. The largest absolute Gasteiger partial charge is 0.296 e. The zero-order valence-corrected chi connectivity index (χ0v) is 16.9. The van der Waals surface area contributed by atoms with Crippen LogP contribution in [0.15, 0.2) is 46.8 Å². The zero-order valence-electron chi connectivity index (χ0n) is 15.2. The summed E-state index contributed by atoms with van der Waals surface area (Å²) in [4.78, 5) is 22.5. The van der Waals surface area contributed by atoms with Crippen molar-refractivity contribution in [2.24, 2.45) is 0 Å². The lowest BCUT2D eigenvalue weighted by molar-refractivity contribution is -0.384. The summed E-state index contributed by atoms with van der Waals surface area (Å²) < 4.78 is 27.0. The van der Waals surface area contributed by atoms with E-state index >= 15 is 0 Å². The molecular formula is C17H15N5O5S2. The molecule has 150 valence electrons. The first kappa shape index (κ1) is 20.4. The Labute approximate surface area is 169 Å². The fourth-order valence-corrected chi connectivity index (χ4v) is 4.28. The van der Waals surface area contributed by atoms with Gasteiger partial charge < -0.3 is 0 Å². The van der Waals surface area contributed by atoms with E-state index in [4.69, 9.17) is 0 Å². The van der Waals surface area contributed by atoms with Crippen LogP contribution in [-0.4, -0.2) is 29.4 Å². The van der Waals surface area contributed by atoms with E-state index in [0.29, 0.717) is 22.5 Å². The molecule has 0 atom stereocenters. The summed E-state index contributed by atoms with van der Waals surface area (Å²) in [5.41, 5.74) is 1.68. The Hall–Kier alpha value is -3.38. The Morgan fingerprint density at radius 3 is 2.45 bits per heavy atom. The van der Waals surface area contributed by atoms with E-state index in [1.165, 1.54) is 12.1 Å². The fourth-order valence-electron chi connectivity index (χ4n) is 2.27. The van der Waals surface area contributed by atoms with E-state index < -0.39 is 20.9 Å². The van der Waals surface area contributed by atoms with Crippen molar-refractivity contribution in [2.45, 2.75) is 18.2 Å². The standard InChI is InChI=1S/C17H15N5O5S2/c1-10-3-6-12(7-4-10)15(23)18-16-19-20-17(28-16)29(26,27)21-14-9-13(22(24)25)8-5-11(14)2/h3-9,21H,1-2H3,(H,18,19,23). The summed E-state index contributed by atoms with van der Waals surface area (Å²) in [7, 11) is -4.14. The van der Waals surface area contributed by atoms with Crippen molar-refractivity contribution in [1.82, 2.24) is 10.2 Å². The molecule has 1 aromatic heterocycles. The number of anilines is 2. The lowest BCUT2D eigenvalue weighted by atomic mass is 10.1.